The Kier molecular flexibility index (Phi) is 6.05. The number of nitrogens with zero attached hydrogens (tertiary/aromatic N) is 1. The van der Waals surface area contributed by atoms with Crippen LogP contribution in [-0.2, 0) is 4.79 Å². The Bertz CT molecular complexity index is 205. The summed E-state index contributed by atoms with van der Waals surface area (Å²) in [6, 6.07) is 0.335. The average Bonchev–Trinajstić information content (AvgIpc) is 2.70. The molecule has 0 aromatic heterocycles. The molecule has 1 atom stereocenters. The number of carbonyl (C=O) groups is 1. The Balaban J connectivity index is 2.49. The minimum atomic E-state index is 0.285. The van der Waals surface area contributed by atoms with Crippen molar-refractivity contribution in [3.8, 4) is 0 Å². The zero-order valence-corrected chi connectivity index (χ0v) is 11.9. The van der Waals surface area contributed by atoms with Gasteiger partial charge in [-0.1, -0.05) is 15.9 Å². The van der Waals surface area contributed by atoms with Gasteiger partial charge in [0.05, 0.1) is 0 Å². The van der Waals surface area contributed by atoms with Gasteiger partial charge in [0.15, 0.2) is 0 Å². The van der Waals surface area contributed by atoms with E-state index in [0.717, 1.165) is 36.2 Å². The van der Waals surface area contributed by atoms with Crippen molar-refractivity contribution in [1.82, 2.24) is 4.90 Å². The first kappa shape index (κ1) is 13.4. The molecule has 0 aliphatic carbocycles. The van der Waals surface area contributed by atoms with E-state index >= 15 is 0 Å². The summed E-state index contributed by atoms with van der Waals surface area (Å²) in [5.74, 6) is 2.83. The van der Waals surface area contributed by atoms with Crippen LogP contribution in [0, 0.1) is 5.92 Å². The molecule has 88 valence electrons. The van der Waals surface area contributed by atoms with Gasteiger partial charge in [0, 0.05) is 29.6 Å². The van der Waals surface area contributed by atoms with Crippen LogP contribution in [0.3, 0.4) is 0 Å². The minimum Gasteiger partial charge on any atom is -0.340 e. The molecule has 2 nitrogen and oxygen atoms in total. The lowest BCUT2D eigenvalue weighted by Crippen LogP contribution is -2.41. The molecular weight excluding hydrogens is 274 g/mol. The summed E-state index contributed by atoms with van der Waals surface area (Å²) in [5, 5.41) is 0.975. The van der Waals surface area contributed by atoms with Crippen molar-refractivity contribution in [3.63, 3.8) is 0 Å². The standard InChI is InChI=1S/C11H20BrNOS/c1-9(2)13(6-3-5-12)11(14)10-4-7-15-8-10/h9-10H,3-8H2,1-2H3. The Morgan fingerprint density at radius 3 is 2.80 bits per heavy atom. The van der Waals surface area contributed by atoms with Gasteiger partial charge >= 0.3 is 0 Å². The van der Waals surface area contributed by atoms with Crippen LogP contribution in [0.4, 0.5) is 0 Å². The third-order valence-electron chi connectivity index (χ3n) is 2.72. The van der Waals surface area contributed by atoms with Crippen molar-refractivity contribution in [2.45, 2.75) is 32.7 Å². The lowest BCUT2D eigenvalue weighted by Gasteiger charge is -2.29. The third-order valence-corrected chi connectivity index (χ3v) is 4.44. The summed E-state index contributed by atoms with van der Waals surface area (Å²) in [7, 11) is 0. The Morgan fingerprint density at radius 1 is 1.60 bits per heavy atom. The number of carbonyl (C=O) groups excluding carboxylic acids is 1. The molecule has 1 heterocycles. The zero-order valence-electron chi connectivity index (χ0n) is 9.54. The third kappa shape index (κ3) is 3.99. The summed E-state index contributed by atoms with van der Waals surface area (Å²) < 4.78 is 0. The van der Waals surface area contributed by atoms with Crippen LogP contribution in [0.25, 0.3) is 0 Å². The van der Waals surface area contributed by atoms with Gasteiger partial charge in [-0.25, -0.2) is 0 Å². The van der Waals surface area contributed by atoms with Crippen molar-refractivity contribution >= 4 is 33.6 Å². The van der Waals surface area contributed by atoms with Crippen LogP contribution in [-0.4, -0.2) is 40.2 Å². The maximum absolute atomic E-state index is 12.2. The maximum atomic E-state index is 12.2. The fraction of sp³-hybridized carbons (Fsp3) is 0.909. The van der Waals surface area contributed by atoms with E-state index in [2.05, 4.69) is 29.8 Å². The maximum Gasteiger partial charge on any atom is 0.226 e. The van der Waals surface area contributed by atoms with E-state index in [1.807, 2.05) is 16.7 Å². The molecule has 0 radical (unpaired) electrons. The highest BCUT2D eigenvalue weighted by Crippen LogP contribution is 2.25. The van der Waals surface area contributed by atoms with E-state index in [9.17, 15) is 4.79 Å². The molecule has 0 N–H and O–H groups in total. The molecule has 1 rings (SSSR count). The first-order valence-corrected chi connectivity index (χ1v) is 7.88. The average molecular weight is 294 g/mol. The molecule has 1 aliphatic heterocycles. The first-order valence-electron chi connectivity index (χ1n) is 5.61. The fourth-order valence-electron chi connectivity index (χ4n) is 1.82. The van der Waals surface area contributed by atoms with Gasteiger partial charge in [0.2, 0.25) is 5.91 Å². The second-order valence-electron chi connectivity index (χ2n) is 4.23. The fourth-order valence-corrected chi connectivity index (χ4v) is 3.28. The topological polar surface area (TPSA) is 20.3 Å². The van der Waals surface area contributed by atoms with Gasteiger partial charge in [-0.3, -0.25) is 4.79 Å². The molecular formula is C11H20BrNOS. The Labute approximate surface area is 105 Å². The van der Waals surface area contributed by atoms with Crippen LogP contribution in [0.1, 0.15) is 26.7 Å². The number of thioether (sulfide) groups is 1. The summed E-state index contributed by atoms with van der Waals surface area (Å²) in [5.41, 5.74) is 0. The van der Waals surface area contributed by atoms with Gasteiger partial charge in [0.25, 0.3) is 0 Å². The molecule has 0 aromatic rings. The van der Waals surface area contributed by atoms with Crippen LogP contribution in [0.5, 0.6) is 0 Å². The normalized spacial score (nSPS) is 20.9. The second-order valence-corrected chi connectivity index (χ2v) is 6.17. The number of alkyl halides is 1. The molecule has 1 fully saturated rings. The highest BCUT2D eigenvalue weighted by atomic mass is 79.9. The molecule has 1 saturated heterocycles. The molecule has 15 heavy (non-hydrogen) atoms. The number of halogens is 1. The molecule has 1 aliphatic rings. The van der Waals surface area contributed by atoms with E-state index in [1.54, 1.807) is 0 Å². The second kappa shape index (κ2) is 6.79. The van der Waals surface area contributed by atoms with Crippen LogP contribution >= 0.6 is 27.7 Å². The van der Waals surface area contributed by atoms with E-state index < -0.39 is 0 Å². The highest BCUT2D eigenvalue weighted by molar-refractivity contribution is 9.09. The minimum absolute atomic E-state index is 0.285. The van der Waals surface area contributed by atoms with Crippen molar-refractivity contribution < 1.29 is 4.79 Å². The summed E-state index contributed by atoms with van der Waals surface area (Å²) in [4.78, 5) is 14.2. The number of rotatable bonds is 5. The van der Waals surface area contributed by atoms with Crippen molar-refractivity contribution in [2.24, 2.45) is 5.92 Å². The van der Waals surface area contributed by atoms with E-state index in [4.69, 9.17) is 0 Å². The first-order chi connectivity index (χ1) is 7.16. The smallest absolute Gasteiger partial charge is 0.226 e. The van der Waals surface area contributed by atoms with Crippen LogP contribution in [0.15, 0.2) is 0 Å². The number of amides is 1. The zero-order chi connectivity index (χ0) is 11.3. The molecule has 1 unspecified atom stereocenters. The Morgan fingerprint density at radius 2 is 2.33 bits per heavy atom. The largest absolute Gasteiger partial charge is 0.340 e. The molecule has 0 aromatic carbocycles. The Hall–Kier alpha value is 0.300. The van der Waals surface area contributed by atoms with Crippen molar-refractivity contribution in [1.29, 1.82) is 0 Å². The lowest BCUT2D eigenvalue weighted by atomic mass is 10.1. The van der Waals surface area contributed by atoms with Crippen molar-refractivity contribution in [3.05, 3.63) is 0 Å². The summed E-state index contributed by atoms with van der Waals surface area (Å²) >= 11 is 5.32. The lowest BCUT2D eigenvalue weighted by molar-refractivity contribution is -0.136. The van der Waals surface area contributed by atoms with Crippen molar-refractivity contribution in [2.75, 3.05) is 23.4 Å². The highest BCUT2D eigenvalue weighted by Gasteiger charge is 2.28. The van der Waals surface area contributed by atoms with Gasteiger partial charge in [-0.2, -0.15) is 11.8 Å². The molecule has 0 spiro atoms. The molecule has 0 saturated carbocycles. The van der Waals surface area contributed by atoms with E-state index in [0.29, 0.717) is 11.9 Å². The summed E-state index contributed by atoms with van der Waals surface area (Å²) in [6.07, 6.45) is 2.12. The van der Waals surface area contributed by atoms with Crippen LogP contribution in [0.2, 0.25) is 0 Å². The van der Waals surface area contributed by atoms with Gasteiger partial charge in [0.1, 0.15) is 0 Å². The van der Waals surface area contributed by atoms with Gasteiger partial charge in [-0.15, -0.1) is 0 Å². The van der Waals surface area contributed by atoms with E-state index in [1.165, 1.54) is 0 Å². The monoisotopic (exact) mass is 293 g/mol. The number of hydrogen-bond acceptors (Lipinski definition) is 2. The van der Waals surface area contributed by atoms with Gasteiger partial charge in [-0.05, 0) is 32.4 Å². The quantitative estimate of drug-likeness (QED) is 0.727. The van der Waals surface area contributed by atoms with Gasteiger partial charge < -0.3 is 4.90 Å². The summed E-state index contributed by atoms with van der Waals surface area (Å²) in [6.45, 7) is 5.10. The molecule has 0 bridgehead atoms. The van der Waals surface area contributed by atoms with Crippen LogP contribution < -0.4 is 0 Å². The predicted octanol–water partition coefficient (Wildman–Crippen LogP) is 2.76. The molecule has 4 heteroatoms. The number of hydrogen-bond donors (Lipinski definition) is 0. The predicted molar refractivity (Wildman–Crippen MR) is 70.7 cm³/mol. The molecule has 1 amide bonds. The SMILES string of the molecule is CC(C)N(CCCBr)C(=O)C1CCSC1. The van der Waals surface area contributed by atoms with E-state index in [-0.39, 0.29) is 5.92 Å².